The first kappa shape index (κ1) is 17.6. The third-order valence-corrected chi connectivity index (χ3v) is 7.35. The summed E-state index contributed by atoms with van der Waals surface area (Å²) in [6.07, 6.45) is 2.13. The van der Waals surface area contributed by atoms with Crippen molar-refractivity contribution >= 4 is 59.1 Å². The van der Waals surface area contributed by atoms with Crippen molar-refractivity contribution in [2.75, 3.05) is 0 Å². The third kappa shape index (κ3) is 2.59. The number of aromatic amines is 1. The molecule has 1 amide bonds. The van der Waals surface area contributed by atoms with E-state index >= 15 is 0 Å². The van der Waals surface area contributed by atoms with E-state index in [2.05, 4.69) is 32.8 Å². The highest BCUT2D eigenvalue weighted by Crippen LogP contribution is 2.56. The minimum absolute atomic E-state index is 0.0663. The van der Waals surface area contributed by atoms with Gasteiger partial charge in [0, 0.05) is 0 Å². The number of H-pyrrole nitrogens is 1. The molecule has 1 unspecified atom stereocenters. The molecule has 2 aromatic heterocycles. The molecule has 4 atom stereocenters. The number of carboxylic acid groups (broad SMARTS) is 1. The Labute approximate surface area is 161 Å². The van der Waals surface area contributed by atoms with Gasteiger partial charge in [-0.15, -0.1) is 0 Å². The molecule has 136 valence electrons. The molecule has 2 aliphatic rings. The lowest BCUT2D eigenvalue weighted by Gasteiger charge is -2.43. The molecule has 3 N–H and O–H groups in total. The maximum atomic E-state index is 12.2. The van der Waals surface area contributed by atoms with E-state index in [0.717, 1.165) is 0 Å². The number of aromatic nitrogens is 4. The van der Waals surface area contributed by atoms with Crippen LogP contribution in [-0.4, -0.2) is 58.6 Å². The Kier molecular flexibility index (Phi) is 4.37. The molecule has 0 bridgehead atoms. The van der Waals surface area contributed by atoms with E-state index in [9.17, 15) is 19.8 Å². The van der Waals surface area contributed by atoms with Crippen LogP contribution in [0.5, 0.6) is 0 Å². The second-order valence-corrected chi connectivity index (χ2v) is 9.15. The van der Waals surface area contributed by atoms with Crippen LogP contribution in [0.25, 0.3) is 11.0 Å². The van der Waals surface area contributed by atoms with Gasteiger partial charge in [0.1, 0.15) is 11.7 Å². The lowest BCUT2D eigenvalue weighted by atomic mass is 9.92. The van der Waals surface area contributed by atoms with Crippen molar-refractivity contribution < 1.29 is 19.8 Å². The fraction of sp³-hybridized carbons (Fsp3) is 0.357. The lowest BCUT2D eigenvalue weighted by Crippen LogP contribution is -2.60. The summed E-state index contributed by atoms with van der Waals surface area (Å²) >= 11 is 7.01. The van der Waals surface area contributed by atoms with Crippen molar-refractivity contribution in [3.8, 4) is 0 Å². The number of thioether (sulfide) groups is 2. The summed E-state index contributed by atoms with van der Waals surface area (Å²) in [6.45, 7) is 1.53. The summed E-state index contributed by atoms with van der Waals surface area (Å²) < 4.78 is -0.0111. The number of hydrogen-bond acceptors (Lipinski definition) is 9. The second kappa shape index (κ2) is 6.44. The highest BCUT2D eigenvalue weighted by molar-refractivity contribution is 8.26. The van der Waals surface area contributed by atoms with Crippen molar-refractivity contribution in [2.45, 2.75) is 23.0 Å². The molecule has 0 radical (unpaired) electrons. The number of carboxylic acids is 1. The van der Waals surface area contributed by atoms with Gasteiger partial charge >= 0.3 is 5.97 Å². The van der Waals surface area contributed by atoms with Crippen LogP contribution in [-0.2, 0) is 9.59 Å². The molecule has 1 saturated heterocycles. The molecule has 26 heavy (non-hydrogen) atoms. The van der Waals surface area contributed by atoms with Gasteiger partial charge in [-0.3, -0.25) is 14.8 Å². The number of fused-ring (bicyclic) bond motifs is 2. The number of rotatable bonds is 5. The summed E-state index contributed by atoms with van der Waals surface area (Å²) in [5.74, 6) is -2.16. The highest BCUT2D eigenvalue weighted by atomic mass is 32.2. The Morgan fingerprint density at radius 2 is 2.27 bits per heavy atom. The molecule has 12 heteroatoms. The molecule has 4 heterocycles. The predicted octanol–water partition coefficient (Wildman–Crippen LogP) is 1.18. The zero-order valence-electron chi connectivity index (χ0n) is 13.2. The van der Waals surface area contributed by atoms with Crippen LogP contribution < -0.4 is 0 Å². The van der Waals surface area contributed by atoms with E-state index in [-0.39, 0.29) is 11.6 Å². The van der Waals surface area contributed by atoms with Crippen molar-refractivity contribution in [2.24, 2.45) is 5.92 Å². The minimum atomic E-state index is -1.18. The number of aliphatic hydroxyl groups is 1. The van der Waals surface area contributed by atoms with Crippen LogP contribution >= 0.6 is 36.2 Å². The fourth-order valence-electron chi connectivity index (χ4n) is 2.97. The zero-order valence-corrected chi connectivity index (χ0v) is 15.8. The normalized spacial score (nSPS) is 24.6. The van der Waals surface area contributed by atoms with Gasteiger partial charge in [-0.1, -0.05) is 23.5 Å². The van der Waals surface area contributed by atoms with Crippen LogP contribution in [0.2, 0.25) is 0 Å². The molecule has 1 fully saturated rings. The van der Waals surface area contributed by atoms with Crippen LogP contribution in [0, 0.1) is 5.92 Å². The Morgan fingerprint density at radius 1 is 1.50 bits per heavy atom. The number of thiol groups is 1. The molecular formula is C14H13N5O4S3. The second-order valence-electron chi connectivity index (χ2n) is 5.79. The van der Waals surface area contributed by atoms with Crippen LogP contribution in [0.15, 0.2) is 22.5 Å². The van der Waals surface area contributed by atoms with Crippen LogP contribution in [0.4, 0.5) is 0 Å². The summed E-state index contributed by atoms with van der Waals surface area (Å²) in [5.41, 5.74) is 1.10. The number of carbonyl (C=O) groups is 2. The van der Waals surface area contributed by atoms with Gasteiger partial charge in [0.05, 0.1) is 38.1 Å². The number of aliphatic hydroxyl groups excluding tert-OH is 1. The average molecular weight is 411 g/mol. The summed E-state index contributed by atoms with van der Waals surface area (Å²) in [5, 5.41) is 26.3. The average Bonchev–Trinajstić information content (AvgIpc) is 3.16. The van der Waals surface area contributed by atoms with E-state index in [1.165, 1.54) is 41.7 Å². The molecule has 0 spiro atoms. The molecule has 0 aromatic carbocycles. The minimum Gasteiger partial charge on any atom is -0.477 e. The Balaban J connectivity index is 1.64. The molecule has 9 nitrogen and oxygen atoms in total. The first-order chi connectivity index (χ1) is 12.4. The number of β-lactam (4-membered cyclic amide) rings is 1. The molecule has 4 rings (SSSR count). The highest BCUT2D eigenvalue weighted by Gasteiger charge is 2.57. The summed E-state index contributed by atoms with van der Waals surface area (Å²) in [7, 11) is 0. The Hall–Kier alpha value is -1.76. The SMILES string of the molecule is C[C@@H](O)[C@H]1C(=O)N2C(C(=O)O)=C(SC(S)c3ncnc4[nH]ncc34)S[C@H]12. The maximum Gasteiger partial charge on any atom is 0.354 e. The Bertz CT molecular complexity index is 946. The number of nitrogens with one attached hydrogen (secondary N) is 1. The molecule has 2 aromatic rings. The number of carbonyl (C=O) groups excluding carboxylic acids is 1. The van der Waals surface area contributed by atoms with E-state index in [0.29, 0.717) is 21.0 Å². The summed E-state index contributed by atoms with van der Waals surface area (Å²) in [6, 6.07) is 0. The van der Waals surface area contributed by atoms with Crippen molar-refractivity contribution in [1.82, 2.24) is 25.1 Å². The number of nitrogens with zero attached hydrogens (tertiary/aromatic N) is 4. The maximum absolute atomic E-state index is 12.2. The standard InChI is InChI=1S/C14H13N5O4S3/c1-4(20)6-10(21)19-8(12(22)23)14(25-11(6)19)26-13(24)7-5-2-17-18-9(5)16-3-15-7/h2-4,6,11,13,20,24H,1H3,(H,22,23)(H,15,16,17,18)/t4-,6+,11-,13?/m1/s1. The number of hydrogen-bond donors (Lipinski definition) is 4. The number of amides is 1. The smallest absolute Gasteiger partial charge is 0.354 e. The largest absolute Gasteiger partial charge is 0.477 e. The van der Waals surface area contributed by atoms with Gasteiger partial charge in [-0.25, -0.2) is 14.8 Å². The molecule has 0 aliphatic carbocycles. The molecule has 2 aliphatic heterocycles. The Morgan fingerprint density at radius 3 is 2.96 bits per heavy atom. The first-order valence-electron chi connectivity index (χ1n) is 7.54. The van der Waals surface area contributed by atoms with Crippen LogP contribution in [0.1, 0.15) is 17.2 Å². The van der Waals surface area contributed by atoms with E-state index in [1.807, 2.05) is 0 Å². The van der Waals surface area contributed by atoms with E-state index in [1.54, 1.807) is 6.20 Å². The van der Waals surface area contributed by atoms with Crippen molar-refractivity contribution in [3.05, 3.63) is 28.2 Å². The first-order valence-corrected chi connectivity index (χ1v) is 9.81. The van der Waals surface area contributed by atoms with Gasteiger partial charge in [0.2, 0.25) is 5.91 Å². The molecule has 0 saturated carbocycles. The molecular weight excluding hydrogens is 398 g/mol. The zero-order chi connectivity index (χ0) is 18.6. The van der Waals surface area contributed by atoms with Crippen molar-refractivity contribution in [1.29, 1.82) is 0 Å². The van der Waals surface area contributed by atoms with E-state index < -0.39 is 27.9 Å². The van der Waals surface area contributed by atoms with Crippen molar-refractivity contribution in [3.63, 3.8) is 0 Å². The quantitative estimate of drug-likeness (QED) is 0.325. The van der Waals surface area contributed by atoms with Crippen LogP contribution in [0.3, 0.4) is 0 Å². The van der Waals surface area contributed by atoms with E-state index in [4.69, 9.17) is 0 Å². The van der Waals surface area contributed by atoms with Gasteiger partial charge < -0.3 is 10.2 Å². The number of aliphatic carboxylic acids is 1. The van der Waals surface area contributed by atoms with Gasteiger partial charge in [-0.2, -0.15) is 17.7 Å². The monoisotopic (exact) mass is 411 g/mol. The van der Waals surface area contributed by atoms with Gasteiger partial charge in [0.25, 0.3) is 0 Å². The predicted molar refractivity (Wildman–Crippen MR) is 99.1 cm³/mol. The fourth-order valence-corrected chi connectivity index (χ4v) is 6.63. The summed E-state index contributed by atoms with van der Waals surface area (Å²) in [4.78, 5) is 33.5. The van der Waals surface area contributed by atoms with Gasteiger partial charge in [0.15, 0.2) is 11.3 Å². The van der Waals surface area contributed by atoms with Gasteiger partial charge in [-0.05, 0) is 6.92 Å². The lowest BCUT2D eigenvalue weighted by molar-refractivity contribution is -0.156. The topological polar surface area (TPSA) is 132 Å². The third-order valence-electron chi connectivity index (χ3n) is 4.20.